The number of carboxylic acid groups (broad SMARTS) is 1. The number of hydrogen-bond donors (Lipinski definition) is 1. The Bertz CT molecular complexity index is 1240. The maximum absolute atomic E-state index is 13.9. The molecule has 0 saturated carbocycles. The Morgan fingerprint density at radius 2 is 1.75 bits per heavy atom. The van der Waals surface area contributed by atoms with E-state index in [1.54, 1.807) is 27.8 Å². The van der Waals surface area contributed by atoms with Crippen molar-refractivity contribution in [2.75, 3.05) is 13.6 Å². The number of esters is 1. The monoisotopic (exact) mass is 502 g/mol. The fourth-order valence-corrected chi connectivity index (χ4v) is 3.42. The van der Waals surface area contributed by atoms with E-state index in [1.165, 1.54) is 41.6 Å². The van der Waals surface area contributed by atoms with E-state index in [1.807, 2.05) is 0 Å². The smallest absolute Gasteiger partial charge is 0.444 e. The summed E-state index contributed by atoms with van der Waals surface area (Å²) in [5, 5.41) is 10.1. The molecule has 2 aromatic rings. The molecule has 1 heterocycles. The molecule has 0 spiro atoms. The number of amides is 2. The summed E-state index contributed by atoms with van der Waals surface area (Å²) in [5.74, 6) is -2.65. The van der Waals surface area contributed by atoms with Crippen LogP contribution in [0.3, 0.4) is 0 Å². The maximum Gasteiger partial charge on any atom is 0.529 e. The van der Waals surface area contributed by atoms with Gasteiger partial charge in [-0.3, -0.25) is 0 Å². The van der Waals surface area contributed by atoms with E-state index in [0.29, 0.717) is 6.07 Å². The molecule has 1 aliphatic heterocycles. The van der Waals surface area contributed by atoms with Crippen molar-refractivity contribution >= 4 is 29.7 Å². The van der Waals surface area contributed by atoms with Crippen LogP contribution in [0.5, 0.6) is 5.75 Å². The van der Waals surface area contributed by atoms with Gasteiger partial charge in [-0.1, -0.05) is 0 Å². The summed E-state index contributed by atoms with van der Waals surface area (Å²) in [4.78, 5) is 42.4. The molecule has 1 atom stereocenters. The average Bonchev–Trinajstić information content (AvgIpc) is 3.21. The predicted octanol–water partition coefficient (Wildman–Crippen LogP) is 5.31. The number of aliphatic imine (C=N–C) groups is 1. The summed E-state index contributed by atoms with van der Waals surface area (Å²) in [6.45, 7) is 5.38. The third-order valence-corrected chi connectivity index (χ3v) is 5.20. The second kappa shape index (κ2) is 10.2. The Labute approximate surface area is 206 Å². The molecular weight excluding hydrogens is 476 g/mol. The first kappa shape index (κ1) is 26.5. The average molecular weight is 502 g/mol. The summed E-state index contributed by atoms with van der Waals surface area (Å²) in [6.07, 6.45) is 1.09. The van der Waals surface area contributed by atoms with Gasteiger partial charge in [0, 0.05) is 31.8 Å². The summed E-state index contributed by atoms with van der Waals surface area (Å²) >= 11 is 0. The zero-order valence-corrected chi connectivity index (χ0v) is 20.2. The zero-order valence-electron chi connectivity index (χ0n) is 20.2. The van der Waals surface area contributed by atoms with Crippen molar-refractivity contribution in [2.45, 2.75) is 32.8 Å². The number of carbonyl (C=O) groups excluding carboxylic acids is 2. The molecule has 0 bridgehead atoms. The molecule has 1 aliphatic rings. The summed E-state index contributed by atoms with van der Waals surface area (Å²) < 4.78 is 36.6. The third kappa shape index (κ3) is 5.74. The zero-order chi connectivity index (χ0) is 26.7. The highest BCUT2D eigenvalue weighted by Crippen LogP contribution is 2.32. The van der Waals surface area contributed by atoms with Crippen LogP contribution in [0.15, 0.2) is 59.9 Å². The van der Waals surface area contributed by atoms with E-state index >= 15 is 0 Å². The second-order valence-electron chi connectivity index (χ2n) is 9.01. The van der Waals surface area contributed by atoms with Crippen LogP contribution >= 0.6 is 0 Å². The van der Waals surface area contributed by atoms with Crippen molar-refractivity contribution in [3.63, 3.8) is 0 Å². The first-order valence-corrected chi connectivity index (χ1v) is 10.9. The van der Waals surface area contributed by atoms with Crippen molar-refractivity contribution < 1.29 is 37.7 Å². The minimum absolute atomic E-state index is 0.0299. The van der Waals surface area contributed by atoms with Gasteiger partial charge in [0.25, 0.3) is 0 Å². The number of halogens is 2. The van der Waals surface area contributed by atoms with Crippen LogP contribution in [0.2, 0.25) is 0 Å². The molecule has 0 aliphatic carbocycles. The molecule has 11 heteroatoms. The SMILES string of the molecule is CN(CCC1=NC=C[N+]1(C(=O)O)c1ccc(OC(=O)c2ccc(F)cc2F)cc1)C(=O)OC(C)(C)C. The van der Waals surface area contributed by atoms with Crippen molar-refractivity contribution in [2.24, 2.45) is 4.99 Å². The predicted molar refractivity (Wildman–Crippen MR) is 128 cm³/mol. The molecule has 2 amide bonds. The van der Waals surface area contributed by atoms with Gasteiger partial charge < -0.3 is 19.5 Å². The van der Waals surface area contributed by atoms with Gasteiger partial charge in [0.15, 0.2) is 5.69 Å². The van der Waals surface area contributed by atoms with E-state index in [9.17, 15) is 28.3 Å². The van der Waals surface area contributed by atoms with Gasteiger partial charge in [0.05, 0.1) is 18.2 Å². The van der Waals surface area contributed by atoms with E-state index in [-0.39, 0.29) is 30.2 Å². The molecule has 0 radical (unpaired) electrons. The first-order valence-electron chi connectivity index (χ1n) is 10.9. The molecule has 0 aromatic heterocycles. The van der Waals surface area contributed by atoms with Gasteiger partial charge in [-0.15, -0.1) is 4.48 Å². The second-order valence-corrected chi connectivity index (χ2v) is 9.01. The van der Waals surface area contributed by atoms with Crippen molar-refractivity contribution in [3.05, 3.63) is 72.1 Å². The maximum atomic E-state index is 13.9. The van der Waals surface area contributed by atoms with Crippen molar-refractivity contribution in [1.82, 2.24) is 9.38 Å². The molecule has 3 rings (SSSR count). The molecular formula is C25H26F2N3O6+. The number of benzene rings is 2. The van der Waals surface area contributed by atoms with Gasteiger partial charge >= 0.3 is 18.2 Å². The molecule has 2 aromatic carbocycles. The quantitative estimate of drug-likeness (QED) is 0.326. The highest BCUT2D eigenvalue weighted by Gasteiger charge is 2.46. The largest absolute Gasteiger partial charge is 0.529 e. The number of nitrogens with zero attached hydrogens (tertiary/aromatic N) is 3. The fourth-order valence-electron chi connectivity index (χ4n) is 3.42. The molecule has 0 fully saturated rings. The lowest BCUT2D eigenvalue weighted by atomic mass is 10.2. The topological polar surface area (TPSA) is 106 Å². The number of quaternary nitrogens is 1. The van der Waals surface area contributed by atoms with Gasteiger partial charge in [-0.25, -0.2) is 23.4 Å². The Hall–Kier alpha value is -4.12. The van der Waals surface area contributed by atoms with Crippen molar-refractivity contribution in [1.29, 1.82) is 0 Å². The van der Waals surface area contributed by atoms with Crippen LogP contribution in [0.1, 0.15) is 37.6 Å². The van der Waals surface area contributed by atoms with Crippen LogP contribution in [-0.2, 0) is 4.74 Å². The van der Waals surface area contributed by atoms with E-state index in [0.717, 1.165) is 12.1 Å². The van der Waals surface area contributed by atoms with Gasteiger partial charge in [-0.05, 0) is 45.0 Å². The van der Waals surface area contributed by atoms with E-state index in [2.05, 4.69) is 4.99 Å². The fraction of sp³-hybridized carbons (Fsp3) is 0.280. The highest BCUT2D eigenvalue weighted by molar-refractivity contribution is 6.11. The van der Waals surface area contributed by atoms with Gasteiger partial charge in [0.1, 0.15) is 29.2 Å². The highest BCUT2D eigenvalue weighted by atomic mass is 19.1. The molecule has 9 nitrogen and oxygen atoms in total. The summed E-state index contributed by atoms with van der Waals surface area (Å²) in [7, 11) is 1.54. The third-order valence-electron chi connectivity index (χ3n) is 5.20. The standard InChI is InChI=1S/C25H25F2N3O6/c1-25(2,3)36-23(32)29(4)13-11-21-28-12-14-30(21,24(33)34)17-6-8-18(9-7-17)35-22(31)19-10-5-16(26)15-20(19)27/h5-10,12,14-15H,11,13H2,1-4H3/p+1. The summed E-state index contributed by atoms with van der Waals surface area (Å²) in [5.41, 5.74) is -0.838. The van der Waals surface area contributed by atoms with Crippen LogP contribution in [0.4, 0.5) is 24.1 Å². The number of amidine groups is 1. The Morgan fingerprint density at radius 3 is 2.33 bits per heavy atom. The lowest BCUT2D eigenvalue weighted by molar-refractivity contribution is 0.0302. The number of carbonyl (C=O) groups is 3. The Kier molecular flexibility index (Phi) is 7.54. The van der Waals surface area contributed by atoms with Crippen LogP contribution in [0.25, 0.3) is 0 Å². The number of ether oxygens (including phenoxy) is 2. The Balaban J connectivity index is 1.75. The van der Waals surface area contributed by atoms with Crippen LogP contribution < -0.4 is 9.22 Å². The lowest BCUT2D eigenvalue weighted by Crippen LogP contribution is -2.52. The molecule has 1 unspecified atom stereocenters. The van der Waals surface area contributed by atoms with Crippen LogP contribution in [0, 0.1) is 11.6 Å². The molecule has 190 valence electrons. The summed E-state index contributed by atoms with van der Waals surface area (Å²) in [6, 6.07) is 8.05. The van der Waals surface area contributed by atoms with E-state index < -0.39 is 45.4 Å². The lowest BCUT2D eigenvalue weighted by Gasteiger charge is -2.28. The normalized spacial score (nSPS) is 16.9. The number of rotatable bonds is 6. The molecule has 0 saturated heterocycles. The minimum Gasteiger partial charge on any atom is -0.444 e. The molecule has 36 heavy (non-hydrogen) atoms. The van der Waals surface area contributed by atoms with Gasteiger partial charge in [0.2, 0.25) is 5.84 Å². The minimum atomic E-state index is -1.24. The van der Waals surface area contributed by atoms with Crippen molar-refractivity contribution in [3.8, 4) is 5.75 Å². The first-order chi connectivity index (χ1) is 16.8. The van der Waals surface area contributed by atoms with Gasteiger partial charge in [-0.2, -0.15) is 4.79 Å². The van der Waals surface area contributed by atoms with E-state index in [4.69, 9.17) is 9.47 Å². The Morgan fingerprint density at radius 1 is 1.08 bits per heavy atom. The molecule has 1 N–H and O–H groups in total. The number of hydrogen-bond acceptors (Lipinski definition) is 6. The van der Waals surface area contributed by atoms with Crippen LogP contribution in [-0.4, -0.2) is 53.2 Å².